The zero-order valence-corrected chi connectivity index (χ0v) is 21.1. The van der Waals surface area contributed by atoms with E-state index < -0.39 is 10.8 Å². The van der Waals surface area contributed by atoms with Crippen molar-refractivity contribution in [1.29, 1.82) is 0 Å². The van der Waals surface area contributed by atoms with Crippen LogP contribution < -0.4 is 20.3 Å². The molecule has 3 aromatic carbocycles. The summed E-state index contributed by atoms with van der Waals surface area (Å²) in [6.45, 7) is 2.06. The summed E-state index contributed by atoms with van der Waals surface area (Å²) in [6.07, 6.45) is 0. The molecule has 5 rings (SSSR count). The number of nitrogens with one attached hydrogen (secondary N) is 2. The van der Waals surface area contributed by atoms with Crippen LogP contribution in [0, 0.1) is 10.1 Å². The van der Waals surface area contributed by atoms with Gasteiger partial charge in [0.15, 0.2) is 10.7 Å². The Hall–Kier alpha value is -4.55. The molecule has 1 amide bonds. The standard InChI is InChI=1S/C26H23N5O6S/c1-35-19-7-9-23-20(15-19)28-25(37-23)16-2-5-18(6-3-16)27-26(38)29-24(32)17-4-8-21(22(14-17)31(33)34)30-10-12-36-13-11-30/h2-9,14-15H,10-13H2,1H3,(H2,27,29,32,38). The van der Waals surface area contributed by atoms with Crippen LogP contribution in [-0.4, -0.2) is 54.3 Å². The molecule has 1 saturated heterocycles. The molecule has 0 saturated carbocycles. The monoisotopic (exact) mass is 533 g/mol. The number of carbonyl (C=O) groups excluding carboxylic acids is 1. The average molecular weight is 534 g/mol. The highest BCUT2D eigenvalue weighted by atomic mass is 32.1. The van der Waals surface area contributed by atoms with Crippen LogP contribution in [0.2, 0.25) is 0 Å². The van der Waals surface area contributed by atoms with Gasteiger partial charge in [0.1, 0.15) is 17.0 Å². The number of amides is 1. The molecule has 0 bridgehead atoms. The number of rotatable bonds is 6. The fourth-order valence-corrected chi connectivity index (χ4v) is 4.28. The van der Waals surface area contributed by atoms with Crippen molar-refractivity contribution in [2.45, 2.75) is 0 Å². The van der Waals surface area contributed by atoms with Crippen molar-refractivity contribution in [3.05, 3.63) is 76.3 Å². The fraction of sp³-hybridized carbons (Fsp3) is 0.192. The minimum atomic E-state index is -0.558. The van der Waals surface area contributed by atoms with E-state index >= 15 is 0 Å². The highest BCUT2D eigenvalue weighted by Gasteiger charge is 2.23. The second-order valence-corrected chi connectivity index (χ2v) is 8.81. The zero-order chi connectivity index (χ0) is 26.6. The van der Waals surface area contributed by atoms with Crippen LogP contribution >= 0.6 is 12.2 Å². The number of nitrogens with zero attached hydrogens (tertiary/aromatic N) is 3. The van der Waals surface area contributed by atoms with Gasteiger partial charge in [-0.15, -0.1) is 0 Å². The van der Waals surface area contributed by atoms with Gasteiger partial charge in [-0.1, -0.05) is 0 Å². The van der Waals surface area contributed by atoms with Gasteiger partial charge >= 0.3 is 0 Å². The molecule has 2 heterocycles. The molecule has 1 fully saturated rings. The number of nitro benzene ring substituents is 1. The summed E-state index contributed by atoms with van der Waals surface area (Å²) < 4.78 is 16.4. The van der Waals surface area contributed by atoms with E-state index in [0.717, 1.165) is 5.56 Å². The summed E-state index contributed by atoms with van der Waals surface area (Å²) in [7, 11) is 1.59. The maximum atomic E-state index is 12.8. The van der Waals surface area contributed by atoms with Crippen LogP contribution in [0.25, 0.3) is 22.6 Å². The molecular weight excluding hydrogens is 510 g/mol. The van der Waals surface area contributed by atoms with E-state index in [0.29, 0.717) is 60.4 Å². The van der Waals surface area contributed by atoms with Crippen molar-refractivity contribution in [3.63, 3.8) is 0 Å². The number of aromatic nitrogens is 1. The third kappa shape index (κ3) is 5.41. The Labute approximate surface area is 222 Å². The molecule has 12 heteroatoms. The lowest BCUT2D eigenvalue weighted by Crippen LogP contribution is -2.37. The van der Waals surface area contributed by atoms with Crippen molar-refractivity contribution in [1.82, 2.24) is 10.3 Å². The van der Waals surface area contributed by atoms with E-state index in [1.807, 2.05) is 17.0 Å². The Morgan fingerprint density at radius 2 is 1.87 bits per heavy atom. The lowest BCUT2D eigenvalue weighted by molar-refractivity contribution is -0.384. The minimum absolute atomic E-state index is 0.0524. The summed E-state index contributed by atoms with van der Waals surface area (Å²) in [4.78, 5) is 30.3. The highest BCUT2D eigenvalue weighted by Crippen LogP contribution is 2.30. The summed E-state index contributed by atoms with van der Waals surface area (Å²) in [6, 6.07) is 16.9. The SMILES string of the molecule is COc1ccc2oc(-c3ccc(NC(=S)NC(=O)c4ccc(N5CCOCC5)c([N+](=O)[O-])c4)cc3)nc2c1. The van der Waals surface area contributed by atoms with Gasteiger partial charge in [0.2, 0.25) is 5.89 Å². The topological polar surface area (TPSA) is 132 Å². The predicted molar refractivity (Wildman–Crippen MR) is 146 cm³/mol. The first-order chi connectivity index (χ1) is 18.4. The Morgan fingerprint density at radius 1 is 1.11 bits per heavy atom. The van der Waals surface area contributed by atoms with Gasteiger partial charge in [0.25, 0.3) is 11.6 Å². The second kappa shape index (κ2) is 10.8. The van der Waals surface area contributed by atoms with E-state index in [9.17, 15) is 14.9 Å². The van der Waals surface area contributed by atoms with Gasteiger partial charge in [0, 0.05) is 42.0 Å². The Kier molecular flexibility index (Phi) is 7.15. The molecule has 0 radical (unpaired) electrons. The molecule has 38 heavy (non-hydrogen) atoms. The number of anilines is 2. The quantitative estimate of drug-likeness (QED) is 0.209. The molecule has 11 nitrogen and oxygen atoms in total. The molecule has 1 aromatic heterocycles. The number of morpholine rings is 1. The van der Waals surface area contributed by atoms with Crippen molar-refractivity contribution in [2.75, 3.05) is 43.6 Å². The first-order valence-corrected chi connectivity index (χ1v) is 12.1. The molecule has 2 N–H and O–H groups in total. The number of thiocarbonyl (C=S) groups is 1. The number of hydrogen-bond acceptors (Lipinski definition) is 9. The minimum Gasteiger partial charge on any atom is -0.497 e. The Morgan fingerprint density at radius 3 is 2.58 bits per heavy atom. The van der Waals surface area contributed by atoms with Crippen LogP contribution in [0.3, 0.4) is 0 Å². The van der Waals surface area contributed by atoms with Gasteiger partial charge in [-0.3, -0.25) is 20.2 Å². The molecule has 194 valence electrons. The summed E-state index contributed by atoms with van der Waals surface area (Å²) >= 11 is 5.28. The zero-order valence-electron chi connectivity index (χ0n) is 20.3. The van der Waals surface area contributed by atoms with Crippen molar-refractivity contribution in [3.8, 4) is 17.2 Å². The third-order valence-electron chi connectivity index (χ3n) is 6.00. The van der Waals surface area contributed by atoms with Gasteiger partial charge in [0.05, 0.1) is 25.2 Å². The average Bonchev–Trinajstić information content (AvgIpc) is 3.37. The summed E-state index contributed by atoms with van der Waals surface area (Å²) in [5.74, 6) is 0.588. The van der Waals surface area contributed by atoms with E-state index in [1.54, 1.807) is 49.6 Å². The lowest BCUT2D eigenvalue weighted by Gasteiger charge is -2.28. The van der Waals surface area contributed by atoms with E-state index in [4.69, 9.17) is 26.1 Å². The summed E-state index contributed by atoms with van der Waals surface area (Å²) in [5.41, 5.74) is 3.15. The maximum absolute atomic E-state index is 12.8. The number of nitro groups is 1. The molecule has 0 unspecified atom stereocenters. The smallest absolute Gasteiger partial charge is 0.293 e. The summed E-state index contributed by atoms with van der Waals surface area (Å²) in [5, 5.41) is 17.2. The molecule has 0 aliphatic carbocycles. The number of hydrogen-bond donors (Lipinski definition) is 2. The van der Waals surface area contributed by atoms with Crippen LogP contribution in [0.1, 0.15) is 10.4 Å². The van der Waals surface area contributed by atoms with E-state index in [2.05, 4.69) is 15.6 Å². The number of oxazole rings is 1. The van der Waals surface area contributed by atoms with Crippen molar-refractivity contribution < 1.29 is 23.6 Å². The van der Waals surface area contributed by atoms with Crippen molar-refractivity contribution in [2.24, 2.45) is 0 Å². The largest absolute Gasteiger partial charge is 0.497 e. The third-order valence-corrected chi connectivity index (χ3v) is 6.20. The Bertz CT molecular complexity index is 1510. The molecule has 1 aliphatic heterocycles. The number of methoxy groups -OCH3 is 1. The van der Waals surface area contributed by atoms with Crippen LogP contribution in [0.5, 0.6) is 5.75 Å². The molecule has 0 spiro atoms. The van der Waals surface area contributed by atoms with E-state index in [1.165, 1.54) is 6.07 Å². The van der Waals surface area contributed by atoms with Gasteiger partial charge < -0.3 is 24.1 Å². The number of carbonyl (C=O) groups is 1. The van der Waals surface area contributed by atoms with Gasteiger partial charge in [-0.25, -0.2) is 4.98 Å². The predicted octanol–water partition coefficient (Wildman–Crippen LogP) is 4.38. The Balaban J connectivity index is 1.24. The first-order valence-electron chi connectivity index (χ1n) is 11.7. The number of benzene rings is 3. The molecule has 1 aliphatic rings. The molecule has 4 aromatic rings. The normalized spacial score (nSPS) is 13.2. The van der Waals surface area contributed by atoms with Crippen LogP contribution in [-0.2, 0) is 4.74 Å². The maximum Gasteiger partial charge on any atom is 0.293 e. The lowest BCUT2D eigenvalue weighted by atomic mass is 10.1. The fourth-order valence-electron chi connectivity index (χ4n) is 4.07. The molecule has 0 atom stereocenters. The van der Waals surface area contributed by atoms with Gasteiger partial charge in [-0.2, -0.15) is 0 Å². The van der Waals surface area contributed by atoms with Crippen LogP contribution in [0.15, 0.2) is 65.1 Å². The number of fused-ring (bicyclic) bond motifs is 1. The highest BCUT2D eigenvalue weighted by molar-refractivity contribution is 7.80. The van der Waals surface area contributed by atoms with Crippen molar-refractivity contribution >= 4 is 51.4 Å². The molecular formula is C26H23N5O6S. The van der Waals surface area contributed by atoms with Gasteiger partial charge in [-0.05, 0) is 60.7 Å². The first kappa shape index (κ1) is 25.1. The second-order valence-electron chi connectivity index (χ2n) is 8.40. The number of ether oxygens (including phenoxy) is 2. The van der Waals surface area contributed by atoms with E-state index in [-0.39, 0.29) is 16.4 Å². The van der Waals surface area contributed by atoms with Crippen LogP contribution in [0.4, 0.5) is 17.1 Å².